The minimum Gasteiger partial charge on any atom is -0.462 e. The first kappa shape index (κ1) is 19.3. The maximum atomic E-state index is 12.4. The summed E-state index contributed by atoms with van der Waals surface area (Å²) in [6.07, 6.45) is 7.08. The number of hydrogen-bond acceptors (Lipinski definition) is 5. The second-order valence-corrected chi connectivity index (χ2v) is 7.30. The number of esters is 2. The number of allylic oxidation sites excluding steroid dienone is 1. The Morgan fingerprint density at radius 3 is 2.74 bits per heavy atom. The van der Waals surface area contributed by atoms with Crippen molar-refractivity contribution in [3.63, 3.8) is 0 Å². The number of carbonyl (C=O) groups is 3. The fourth-order valence-electron chi connectivity index (χ4n) is 3.92. The first-order valence-corrected chi connectivity index (χ1v) is 9.75. The number of hydrogen-bond donors (Lipinski definition) is 0. The molecule has 1 aromatic rings. The normalized spacial score (nSPS) is 26.8. The molecule has 0 bridgehead atoms. The van der Waals surface area contributed by atoms with E-state index < -0.39 is 0 Å². The molecule has 5 heteroatoms. The van der Waals surface area contributed by atoms with Gasteiger partial charge in [-0.2, -0.15) is 0 Å². The summed E-state index contributed by atoms with van der Waals surface area (Å²) in [5, 5.41) is 0. The highest BCUT2D eigenvalue weighted by Crippen LogP contribution is 2.43. The van der Waals surface area contributed by atoms with E-state index in [0.717, 1.165) is 19.3 Å². The Kier molecular flexibility index (Phi) is 6.43. The van der Waals surface area contributed by atoms with Crippen LogP contribution >= 0.6 is 0 Å². The number of unbranched alkanes of at least 4 members (excludes halogenated alkanes) is 2. The van der Waals surface area contributed by atoms with E-state index >= 15 is 0 Å². The van der Waals surface area contributed by atoms with Crippen LogP contribution in [0.5, 0.6) is 0 Å². The molecule has 0 amide bonds. The van der Waals surface area contributed by atoms with E-state index in [9.17, 15) is 14.4 Å². The fraction of sp³-hybridized carbons (Fsp3) is 0.500. The van der Waals surface area contributed by atoms with Gasteiger partial charge in [0.25, 0.3) is 0 Å². The highest BCUT2D eigenvalue weighted by Gasteiger charge is 2.50. The molecule has 1 heterocycles. The van der Waals surface area contributed by atoms with Crippen LogP contribution in [0.1, 0.15) is 55.8 Å². The Bertz CT molecular complexity index is 709. The molecule has 1 aromatic carbocycles. The van der Waals surface area contributed by atoms with Gasteiger partial charge in [0.15, 0.2) is 5.78 Å². The van der Waals surface area contributed by atoms with Gasteiger partial charge in [0.2, 0.25) is 0 Å². The third-order valence-electron chi connectivity index (χ3n) is 5.35. The van der Waals surface area contributed by atoms with Crippen molar-refractivity contribution >= 4 is 17.7 Å². The molecule has 0 N–H and O–H groups in total. The minimum atomic E-state index is -0.389. The molecule has 1 saturated carbocycles. The summed E-state index contributed by atoms with van der Waals surface area (Å²) in [6, 6.07) is 8.83. The van der Waals surface area contributed by atoms with Gasteiger partial charge in [-0.15, -0.1) is 0 Å². The van der Waals surface area contributed by atoms with Crippen LogP contribution in [0, 0.1) is 11.8 Å². The van der Waals surface area contributed by atoms with Gasteiger partial charge >= 0.3 is 11.9 Å². The number of rotatable bonds is 8. The highest BCUT2D eigenvalue weighted by molar-refractivity contribution is 5.90. The van der Waals surface area contributed by atoms with Gasteiger partial charge in [-0.25, -0.2) is 4.79 Å². The first-order valence-electron chi connectivity index (χ1n) is 9.75. The summed E-state index contributed by atoms with van der Waals surface area (Å²) in [7, 11) is 0. The van der Waals surface area contributed by atoms with Gasteiger partial charge < -0.3 is 9.47 Å². The van der Waals surface area contributed by atoms with Gasteiger partial charge in [-0.1, -0.05) is 44.0 Å². The summed E-state index contributed by atoms with van der Waals surface area (Å²) in [5.41, 5.74) is 0.491. The fourth-order valence-corrected chi connectivity index (χ4v) is 3.92. The van der Waals surface area contributed by atoms with Crippen molar-refractivity contribution in [2.75, 3.05) is 0 Å². The second-order valence-electron chi connectivity index (χ2n) is 7.30. The van der Waals surface area contributed by atoms with Crippen LogP contribution in [0.3, 0.4) is 0 Å². The molecule has 0 spiro atoms. The Morgan fingerprint density at radius 2 is 2.00 bits per heavy atom. The predicted molar refractivity (Wildman–Crippen MR) is 100 cm³/mol. The maximum Gasteiger partial charge on any atom is 0.338 e. The average molecular weight is 370 g/mol. The van der Waals surface area contributed by atoms with Crippen LogP contribution in [-0.2, 0) is 19.1 Å². The quantitative estimate of drug-likeness (QED) is 0.395. The van der Waals surface area contributed by atoms with E-state index in [-0.39, 0.29) is 41.8 Å². The zero-order valence-corrected chi connectivity index (χ0v) is 15.6. The molecule has 2 aliphatic rings. The molecule has 0 radical (unpaired) electrons. The molecule has 1 unspecified atom stereocenters. The monoisotopic (exact) mass is 370 g/mol. The van der Waals surface area contributed by atoms with Gasteiger partial charge in [0.1, 0.15) is 12.2 Å². The van der Waals surface area contributed by atoms with Crippen molar-refractivity contribution in [1.82, 2.24) is 0 Å². The van der Waals surface area contributed by atoms with E-state index in [2.05, 4.69) is 6.92 Å². The highest BCUT2D eigenvalue weighted by atomic mass is 16.6. The summed E-state index contributed by atoms with van der Waals surface area (Å²) in [4.78, 5) is 36.2. The number of carbonyl (C=O) groups excluding carboxylic acids is 3. The van der Waals surface area contributed by atoms with Crippen molar-refractivity contribution in [3.05, 3.63) is 48.0 Å². The number of ether oxygens (including phenoxy) is 2. The molecular weight excluding hydrogens is 344 g/mol. The second kappa shape index (κ2) is 8.98. The van der Waals surface area contributed by atoms with Crippen LogP contribution in [-0.4, -0.2) is 29.9 Å². The molecule has 5 nitrogen and oxygen atoms in total. The van der Waals surface area contributed by atoms with Crippen molar-refractivity contribution < 1.29 is 23.9 Å². The molecule has 1 saturated heterocycles. The zero-order chi connectivity index (χ0) is 19.2. The van der Waals surface area contributed by atoms with Gasteiger partial charge in [-0.05, 0) is 24.6 Å². The lowest BCUT2D eigenvalue weighted by molar-refractivity contribution is -0.141. The Labute approximate surface area is 159 Å². The molecule has 3 rings (SSSR count). The van der Waals surface area contributed by atoms with E-state index in [1.165, 1.54) is 0 Å². The third kappa shape index (κ3) is 4.85. The molecule has 4 atom stereocenters. The van der Waals surface area contributed by atoms with Crippen molar-refractivity contribution in [2.45, 2.75) is 57.7 Å². The standard InChI is InChI=1S/C22H26O5/c1-2-3-5-10-16(23)11-12-17-18-13-21(24)26-20(18)14-19(17)27-22(25)15-8-6-4-7-9-15/h4,6-9,11-12,17-20H,2-3,5,10,13-14H2,1H3/t17-,18-,19-,20?/m1/s1. The minimum absolute atomic E-state index is 0.0363. The van der Waals surface area contributed by atoms with Gasteiger partial charge in [0, 0.05) is 24.7 Å². The lowest BCUT2D eigenvalue weighted by Gasteiger charge is -2.20. The summed E-state index contributed by atoms with van der Waals surface area (Å²) < 4.78 is 11.1. The molecule has 2 fully saturated rings. The Hall–Kier alpha value is -2.43. The number of fused-ring (bicyclic) bond motifs is 1. The number of benzene rings is 1. The molecule has 1 aliphatic carbocycles. The van der Waals surface area contributed by atoms with Crippen molar-refractivity contribution in [2.24, 2.45) is 11.8 Å². The van der Waals surface area contributed by atoms with E-state index in [0.29, 0.717) is 24.8 Å². The molecule has 27 heavy (non-hydrogen) atoms. The smallest absolute Gasteiger partial charge is 0.338 e. The van der Waals surface area contributed by atoms with E-state index in [4.69, 9.17) is 9.47 Å². The van der Waals surface area contributed by atoms with Crippen LogP contribution in [0.25, 0.3) is 0 Å². The SMILES string of the molecule is CCCCCC(=O)C=C[C@H]1[C@H](OC(=O)c2ccccc2)CC2OC(=O)C[C@@H]21. The van der Waals surface area contributed by atoms with Crippen LogP contribution < -0.4 is 0 Å². The largest absolute Gasteiger partial charge is 0.462 e. The Morgan fingerprint density at radius 1 is 1.22 bits per heavy atom. The van der Waals surface area contributed by atoms with E-state index in [1.807, 2.05) is 12.1 Å². The van der Waals surface area contributed by atoms with Crippen LogP contribution in [0.2, 0.25) is 0 Å². The summed E-state index contributed by atoms with van der Waals surface area (Å²) in [5.74, 6) is -0.745. The molecular formula is C22H26O5. The topological polar surface area (TPSA) is 69.7 Å². The zero-order valence-electron chi connectivity index (χ0n) is 15.6. The van der Waals surface area contributed by atoms with Crippen LogP contribution in [0.15, 0.2) is 42.5 Å². The average Bonchev–Trinajstić information content (AvgIpc) is 3.16. The molecule has 1 aliphatic heterocycles. The number of ketones is 1. The third-order valence-corrected chi connectivity index (χ3v) is 5.35. The molecule has 0 aromatic heterocycles. The molecule has 144 valence electrons. The summed E-state index contributed by atoms with van der Waals surface area (Å²) >= 11 is 0. The van der Waals surface area contributed by atoms with Crippen molar-refractivity contribution in [3.8, 4) is 0 Å². The Balaban J connectivity index is 1.67. The van der Waals surface area contributed by atoms with Crippen molar-refractivity contribution in [1.29, 1.82) is 0 Å². The lowest BCUT2D eigenvalue weighted by Crippen LogP contribution is -2.24. The van der Waals surface area contributed by atoms with E-state index in [1.54, 1.807) is 30.3 Å². The lowest BCUT2D eigenvalue weighted by atomic mass is 9.91. The first-order chi connectivity index (χ1) is 13.1. The van der Waals surface area contributed by atoms with Gasteiger partial charge in [-0.3, -0.25) is 9.59 Å². The van der Waals surface area contributed by atoms with Gasteiger partial charge in [0.05, 0.1) is 12.0 Å². The maximum absolute atomic E-state index is 12.4. The van der Waals surface area contributed by atoms with Crippen LogP contribution in [0.4, 0.5) is 0 Å². The summed E-state index contributed by atoms with van der Waals surface area (Å²) in [6.45, 7) is 2.10. The predicted octanol–water partition coefficient (Wildman–Crippen LogP) is 3.87.